The molecule has 1 unspecified atom stereocenters. The van der Waals surface area contributed by atoms with Crippen LogP contribution in [-0.4, -0.2) is 0 Å². The third kappa shape index (κ3) is 2.47. The van der Waals surface area contributed by atoms with Crippen molar-refractivity contribution in [2.75, 3.05) is 0 Å². The SMILES string of the molecule is C=CCC(C)(C)C(C)c1ccccc1. The first-order valence-electron chi connectivity index (χ1n) is 5.24. The summed E-state index contributed by atoms with van der Waals surface area (Å²) < 4.78 is 0. The van der Waals surface area contributed by atoms with Gasteiger partial charge in [-0.15, -0.1) is 6.58 Å². The molecule has 1 rings (SSSR count). The average molecular weight is 188 g/mol. The number of hydrogen-bond donors (Lipinski definition) is 0. The zero-order valence-electron chi connectivity index (χ0n) is 9.46. The van der Waals surface area contributed by atoms with E-state index in [9.17, 15) is 0 Å². The third-order valence-corrected chi connectivity index (χ3v) is 3.14. The first-order chi connectivity index (χ1) is 6.58. The molecule has 0 bridgehead atoms. The molecule has 0 saturated heterocycles. The van der Waals surface area contributed by atoms with Crippen LogP contribution in [0.4, 0.5) is 0 Å². The molecule has 1 aromatic rings. The Kier molecular flexibility index (Phi) is 3.51. The maximum atomic E-state index is 3.82. The van der Waals surface area contributed by atoms with Crippen LogP contribution in [0.2, 0.25) is 0 Å². The number of allylic oxidation sites excluding steroid dienone is 1. The summed E-state index contributed by atoms with van der Waals surface area (Å²) in [6.45, 7) is 10.7. The van der Waals surface area contributed by atoms with Crippen molar-refractivity contribution in [1.29, 1.82) is 0 Å². The van der Waals surface area contributed by atoms with E-state index in [1.54, 1.807) is 0 Å². The Morgan fingerprint density at radius 3 is 2.36 bits per heavy atom. The second-order valence-corrected chi connectivity index (χ2v) is 4.61. The molecule has 0 N–H and O–H groups in total. The van der Waals surface area contributed by atoms with Gasteiger partial charge in [-0.2, -0.15) is 0 Å². The maximum Gasteiger partial charge on any atom is -0.0136 e. The van der Waals surface area contributed by atoms with Crippen molar-refractivity contribution in [1.82, 2.24) is 0 Å². The highest BCUT2D eigenvalue weighted by atomic mass is 14.3. The van der Waals surface area contributed by atoms with Crippen LogP contribution in [0.5, 0.6) is 0 Å². The van der Waals surface area contributed by atoms with Gasteiger partial charge >= 0.3 is 0 Å². The summed E-state index contributed by atoms with van der Waals surface area (Å²) in [4.78, 5) is 0. The molecule has 0 aromatic heterocycles. The Morgan fingerprint density at radius 2 is 1.86 bits per heavy atom. The Balaban J connectivity index is 2.84. The molecule has 0 amide bonds. The van der Waals surface area contributed by atoms with E-state index in [-0.39, 0.29) is 0 Å². The summed E-state index contributed by atoms with van der Waals surface area (Å²) in [7, 11) is 0. The molecule has 0 heteroatoms. The van der Waals surface area contributed by atoms with Crippen molar-refractivity contribution in [2.24, 2.45) is 5.41 Å². The fraction of sp³-hybridized carbons (Fsp3) is 0.429. The minimum atomic E-state index is 0.295. The van der Waals surface area contributed by atoms with Crippen molar-refractivity contribution in [3.8, 4) is 0 Å². The van der Waals surface area contributed by atoms with E-state index in [4.69, 9.17) is 0 Å². The molecule has 0 nitrogen and oxygen atoms in total. The van der Waals surface area contributed by atoms with Crippen LogP contribution in [0.25, 0.3) is 0 Å². The second-order valence-electron chi connectivity index (χ2n) is 4.61. The summed E-state index contributed by atoms with van der Waals surface area (Å²) in [5, 5.41) is 0. The van der Waals surface area contributed by atoms with Gasteiger partial charge < -0.3 is 0 Å². The summed E-state index contributed by atoms with van der Waals surface area (Å²) in [5.74, 6) is 0.571. The fourth-order valence-electron chi connectivity index (χ4n) is 1.74. The standard InChI is InChI=1S/C14H20/c1-5-11-14(3,4)12(2)13-9-7-6-8-10-13/h5-10,12H,1,11H2,2-4H3. The number of benzene rings is 1. The molecule has 0 aliphatic rings. The summed E-state index contributed by atoms with van der Waals surface area (Å²) in [6, 6.07) is 10.7. The highest BCUT2D eigenvalue weighted by molar-refractivity contribution is 5.21. The summed E-state index contributed by atoms with van der Waals surface area (Å²) in [5.41, 5.74) is 1.71. The molecule has 14 heavy (non-hydrogen) atoms. The zero-order chi connectivity index (χ0) is 10.6. The normalized spacial score (nSPS) is 13.6. The summed E-state index contributed by atoms with van der Waals surface area (Å²) >= 11 is 0. The zero-order valence-corrected chi connectivity index (χ0v) is 9.46. The molecule has 0 aliphatic carbocycles. The molecule has 0 radical (unpaired) electrons. The predicted octanol–water partition coefficient (Wildman–Crippen LogP) is 4.39. The molecule has 0 spiro atoms. The average Bonchev–Trinajstić information content (AvgIpc) is 2.18. The van der Waals surface area contributed by atoms with E-state index < -0.39 is 0 Å². The van der Waals surface area contributed by atoms with Crippen molar-refractivity contribution >= 4 is 0 Å². The Bertz CT molecular complexity index is 282. The minimum Gasteiger partial charge on any atom is -0.103 e. The molecule has 76 valence electrons. The lowest BCUT2D eigenvalue weighted by atomic mass is 9.74. The molecule has 0 saturated carbocycles. The van der Waals surface area contributed by atoms with Gasteiger partial charge in [0.1, 0.15) is 0 Å². The molecule has 0 heterocycles. The first-order valence-corrected chi connectivity index (χ1v) is 5.24. The van der Waals surface area contributed by atoms with Crippen LogP contribution >= 0.6 is 0 Å². The van der Waals surface area contributed by atoms with Gasteiger partial charge in [0.05, 0.1) is 0 Å². The lowest BCUT2D eigenvalue weighted by Crippen LogP contribution is -2.18. The van der Waals surface area contributed by atoms with Crippen molar-refractivity contribution < 1.29 is 0 Å². The summed E-state index contributed by atoms with van der Waals surface area (Å²) in [6.07, 6.45) is 3.07. The Labute approximate surface area is 87.7 Å². The lowest BCUT2D eigenvalue weighted by molar-refractivity contribution is 0.305. The van der Waals surface area contributed by atoms with Gasteiger partial charge in [-0.3, -0.25) is 0 Å². The van der Waals surface area contributed by atoms with Crippen LogP contribution in [-0.2, 0) is 0 Å². The van der Waals surface area contributed by atoms with Gasteiger partial charge in [0.2, 0.25) is 0 Å². The largest absolute Gasteiger partial charge is 0.103 e. The molecular formula is C14H20. The smallest absolute Gasteiger partial charge is 0.0136 e. The first kappa shape index (κ1) is 11.0. The van der Waals surface area contributed by atoms with Gasteiger partial charge in [0.15, 0.2) is 0 Å². The van der Waals surface area contributed by atoms with E-state index in [2.05, 4.69) is 57.7 Å². The number of rotatable bonds is 4. The monoisotopic (exact) mass is 188 g/mol. The third-order valence-electron chi connectivity index (χ3n) is 3.14. The molecule has 0 fully saturated rings. The van der Waals surface area contributed by atoms with Crippen molar-refractivity contribution in [3.63, 3.8) is 0 Å². The van der Waals surface area contributed by atoms with E-state index in [0.29, 0.717) is 11.3 Å². The molecule has 1 atom stereocenters. The van der Waals surface area contributed by atoms with E-state index in [0.717, 1.165) is 6.42 Å². The second kappa shape index (κ2) is 4.45. The lowest BCUT2D eigenvalue weighted by Gasteiger charge is -2.31. The quantitative estimate of drug-likeness (QED) is 0.615. The minimum absolute atomic E-state index is 0.295. The molecular weight excluding hydrogens is 168 g/mol. The van der Waals surface area contributed by atoms with Gasteiger partial charge in [0.25, 0.3) is 0 Å². The number of hydrogen-bond acceptors (Lipinski definition) is 0. The van der Waals surface area contributed by atoms with Crippen LogP contribution in [0.15, 0.2) is 43.0 Å². The van der Waals surface area contributed by atoms with Crippen LogP contribution in [0.1, 0.15) is 38.7 Å². The van der Waals surface area contributed by atoms with Gasteiger partial charge in [-0.1, -0.05) is 57.2 Å². The van der Waals surface area contributed by atoms with E-state index in [1.807, 2.05) is 6.08 Å². The highest BCUT2D eigenvalue weighted by Gasteiger charge is 2.25. The molecule has 1 aromatic carbocycles. The Morgan fingerprint density at radius 1 is 1.29 bits per heavy atom. The van der Waals surface area contributed by atoms with Crippen molar-refractivity contribution in [2.45, 2.75) is 33.1 Å². The van der Waals surface area contributed by atoms with E-state index in [1.165, 1.54) is 5.56 Å². The topological polar surface area (TPSA) is 0 Å². The van der Waals surface area contributed by atoms with Crippen molar-refractivity contribution in [3.05, 3.63) is 48.6 Å². The van der Waals surface area contributed by atoms with Gasteiger partial charge in [-0.05, 0) is 23.3 Å². The van der Waals surface area contributed by atoms with Crippen LogP contribution in [0, 0.1) is 5.41 Å². The van der Waals surface area contributed by atoms with E-state index >= 15 is 0 Å². The maximum absolute atomic E-state index is 3.82. The van der Waals surface area contributed by atoms with Crippen LogP contribution < -0.4 is 0 Å². The van der Waals surface area contributed by atoms with Gasteiger partial charge in [-0.25, -0.2) is 0 Å². The molecule has 0 aliphatic heterocycles. The Hall–Kier alpha value is -1.04. The van der Waals surface area contributed by atoms with Gasteiger partial charge in [0, 0.05) is 0 Å². The highest BCUT2D eigenvalue weighted by Crippen LogP contribution is 2.37. The van der Waals surface area contributed by atoms with Crippen LogP contribution in [0.3, 0.4) is 0 Å². The predicted molar refractivity (Wildman–Crippen MR) is 63.5 cm³/mol. The fourth-order valence-corrected chi connectivity index (χ4v) is 1.74.